The van der Waals surface area contributed by atoms with Crippen LogP contribution in [0.25, 0.3) is 0 Å². The lowest BCUT2D eigenvalue weighted by Crippen LogP contribution is -2.57. The van der Waals surface area contributed by atoms with Crippen molar-refractivity contribution in [2.45, 2.75) is 31.8 Å². The van der Waals surface area contributed by atoms with Gasteiger partial charge in [-0.3, -0.25) is 9.80 Å². The molecule has 0 aromatic rings. The second-order valence-corrected chi connectivity index (χ2v) is 4.60. The number of fused-ring (bicyclic) bond motifs is 2. The fourth-order valence-corrected chi connectivity index (χ4v) is 2.42. The smallest absolute Gasteiger partial charge is 0.0280 e. The Morgan fingerprint density at radius 2 is 2.09 bits per heavy atom. The molecule has 0 aromatic carbocycles. The lowest BCUT2D eigenvalue weighted by molar-refractivity contribution is 0.0391. The zero-order valence-electron chi connectivity index (χ0n) is 7.80. The summed E-state index contributed by atoms with van der Waals surface area (Å²) in [5, 5.41) is 0. The quantitative estimate of drug-likeness (QED) is 0.509. The van der Waals surface area contributed by atoms with E-state index >= 15 is 0 Å². The van der Waals surface area contributed by atoms with Crippen LogP contribution in [0.5, 0.6) is 0 Å². The van der Waals surface area contributed by atoms with Crippen LogP contribution in [-0.4, -0.2) is 48.1 Å². The Hall–Kier alpha value is -0.0800. The maximum Gasteiger partial charge on any atom is 0.0280 e. The van der Waals surface area contributed by atoms with Crippen LogP contribution >= 0.6 is 0 Å². The van der Waals surface area contributed by atoms with Gasteiger partial charge in [0.15, 0.2) is 0 Å². The minimum atomic E-state index is 0.402. The standard InChI is InChI=1S/C9H18N2/c1-9(2)7-11-5-4-8(6-11)10(9)3/h8H,4-7H2,1-3H3. The van der Waals surface area contributed by atoms with Crippen LogP contribution in [-0.2, 0) is 0 Å². The number of rotatable bonds is 0. The van der Waals surface area contributed by atoms with Crippen LogP contribution in [0.3, 0.4) is 0 Å². The van der Waals surface area contributed by atoms with Gasteiger partial charge >= 0.3 is 0 Å². The van der Waals surface area contributed by atoms with E-state index in [-0.39, 0.29) is 0 Å². The maximum absolute atomic E-state index is 2.59. The van der Waals surface area contributed by atoms with Gasteiger partial charge in [0.05, 0.1) is 0 Å². The number of nitrogens with zero attached hydrogens (tertiary/aromatic N) is 2. The fourth-order valence-electron chi connectivity index (χ4n) is 2.42. The maximum atomic E-state index is 2.59. The molecule has 2 atom stereocenters. The molecule has 0 radical (unpaired) electrons. The van der Waals surface area contributed by atoms with Gasteiger partial charge in [0.2, 0.25) is 0 Å². The second kappa shape index (κ2) is 2.20. The van der Waals surface area contributed by atoms with Crippen molar-refractivity contribution in [3.63, 3.8) is 0 Å². The third-order valence-corrected chi connectivity index (χ3v) is 3.36. The zero-order chi connectivity index (χ0) is 8.06. The van der Waals surface area contributed by atoms with Crippen LogP contribution in [0.1, 0.15) is 20.3 Å². The minimum Gasteiger partial charge on any atom is -0.300 e. The Labute approximate surface area is 69.2 Å². The zero-order valence-corrected chi connectivity index (χ0v) is 7.80. The average molecular weight is 154 g/mol. The van der Waals surface area contributed by atoms with Crippen molar-refractivity contribution in [1.29, 1.82) is 0 Å². The Bertz CT molecular complexity index is 165. The van der Waals surface area contributed by atoms with Gasteiger partial charge in [-0.2, -0.15) is 0 Å². The Balaban J connectivity index is 2.18. The van der Waals surface area contributed by atoms with E-state index in [9.17, 15) is 0 Å². The largest absolute Gasteiger partial charge is 0.300 e. The third kappa shape index (κ3) is 1.09. The summed E-state index contributed by atoms with van der Waals surface area (Å²) in [6, 6.07) is 0.832. The van der Waals surface area contributed by atoms with E-state index in [1.54, 1.807) is 0 Å². The summed E-state index contributed by atoms with van der Waals surface area (Å²) in [6.07, 6.45) is 1.37. The van der Waals surface area contributed by atoms with E-state index in [0.29, 0.717) is 5.54 Å². The van der Waals surface area contributed by atoms with Gasteiger partial charge in [0.25, 0.3) is 0 Å². The summed E-state index contributed by atoms with van der Waals surface area (Å²) in [5.74, 6) is 0. The van der Waals surface area contributed by atoms with Crippen molar-refractivity contribution in [3.8, 4) is 0 Å². The minimum absolute atomic E-state index is 0.402. The van der Waals surface area contributed by atoms with Gasteiger partial charge in [-0.25, -0.2) is 0 Å². The van der Waals surface area contributed by atoms with Crippen LogP contribution in [0.4, 0.5) is 0 Å². The molecule has 2 heteroatoms. The van der Waals surface area contributed by atoms with E-state index in [0.717, 1.165) is 6.04 Å². The third-order valence-electron chi connectivity index (χ3n) is 3.36. The molecule has 11 heavy (non-hydrogen) atoms. The molecule has 0 N–H and O–H groups in total. The molecule has 2 rings (SSSR count). The topological polar surface area (TPSA) is 6.48 Å². The van der Waals surface area contributed by atoms with Gasteiger partial charge in [-0.05, 0) is 33.9 Å². The van der Waals surface area contributed by atoms with Gasteiger partial charge in [0, 0.05) is 24.7 Å². The van der Waals surface area contributed by atoms with Gasteiger partial charge in [-0.1, -0.05) is 0 Å². The molecule has 2 unspecified atom stereocenters. The van der Waals surface area contributed by atoms with Gasteiger partial charge in [-0.15, -0.1) is 0 Å². The second-order valence-electron chi connectivity index (χ2n) is 4.60. The highest BCUT2D eigenvalue weighted by Crippen LogP contribution is 2.29. The van der Waals surface area contributed by atoms with E-state index in [2.05, 4.69) is 30.7 Å². The van der Waals surface area contributed by atoms with Crippen molar-refractivity contribution < 1.29 is 0 Å². The molecular formula is C9H18N2. The Morgan fingerprint density at radius 3 is 2.82 bits per heavy atom. The summed E-state index contributed by atoms with van der Waals surface area (Å²) in [6.45, 7) is 8.56. The first-order valence-electron chi connectivity index (χ1n) is 4.55. The number of likely N-dealkylation sites (N-methyl/N-ethyl adjacent to an activating group) is 1. The summed E-state index contributed by atoms with van der Waals surface area (Å²) in [7, 11) is 2.27. The normalized spacial score (nSPS) is 42.8. The van der Waals surface area contributed by atoms with E-state index in [4.69, 9.17) is 0 Å². The highest BCUT2D eigenvalue weighted by Gasteiger charge is 2.40. The Kier molecular flexibility index (Phi) is 1.52. The summed E-state index contributed by atoms with van der Waals surface area (Å²) < 4.78 is 0. The van der Waals surface area contributed by atoms with Crippen LogP contribution in [0, 0.1) is 0 Å². The van der Waals surface area contributed by atoms with Crippen molar-refractivity contribution in [1.82, 2.24) is 9.80 Å². The molecule has 64 valence electrons. The summed E-state index contributed by atoms with van der Waals surface area (Å²) >= 11 is 0. The lowest BCUT2D eigenvalue weighted by atomic mass is 9.98. The SMILES string of the molecule is CN1C2CCN(C2)CC1(C)C. The first-order valence-corrected chi connectivity index (χ1v) is 4.55. The monoisotopic (exact) mass is 154 g/mol. The van der Waals surface area contributed by atoms with Crippen LogP contribution in [0.2, 0.25) is 0 Å². The predicted octanol–water partition coefficient (Wildman–Crippen LogP) is 0.785. The molecule has 2 saturated heterocycles. The van der Waals surface area contributed by atoms with E-state index < -0.39 is 0 Å². The van der Waals surface area contributed by atoms with E-state index in [1.807, 2.05) is 0 Å². The highest BCUT2D eigenvalue weighted by molar-refractivity contribution is 4.97. The molecule has 2 fully saturated rings. The van der Waals surface area contributed by atoms with Crippen LogP contribution in [0.15, 0.2) is 0 Å². The first-order chi connectivity index (χ1) is 5.09. The lowest BCUT2D eigenvalue weighted by Gasteiger charge is -2.45. The summed E-state index contributed by atoms with van der Waals surface area (Å²) in [4.78, 5) is 5.14. The van der Waals surface area contributed by atoms with Crippen molar-refractivity contribution in [3.05, 3.63) is 0 Å². The fraction of sp³-hybridized carbons (Fsp3) is 1.00. The van der Waals surface area contributed by atoms with Crippen molar-refractivity contribution in [2.75, 3.05) is 26.7 Å². The molecule has 2 bridgehead atoms. The van der Waals surface area contributed by atoms with Crippen molar-refractivity contribution in [2.24, 2.45) is 0 Å². The molecule has 0 aromatic heterocycles. The first kappa shape index (κ1) is 7.56. The van der Waals surface area contributed by atoms with Gasteiger partial charge < -0.3 is 0 Å². The summed E-state index contributed by atoms with van der Waals surface area (Å²) in [5.41, 5.74) is 0.402. The van der Waals surface area contributed by atoms with Crippen LogP contribution < -0.4 is 0 Å². The predicted molar refractivity (Wildman–Crippen MR) is 46.7 cm³/mol. The number of piperazine rings is 1. The van der Waals surface area contributed by atoms with Gasteiger partial charge in [0.1, 0.15) is 0 Å². The molecular weight excluding hydrogens is 136 g/mol. The molecule has 2 aliphatic heterocycles. The molecule has 2 aliphatic rings. The molecule has 0 spiro atoms. The highest BCUT2D eigenvalue weighted by atomic mass is 15.3. The molecule has 0 aliphatic carbocycles. The molecule has 2 nitrogen and oxygen atoms in total. The molecule has 0 saturated carbocycles. The number of hydrogen-bond acceptors (Lipinski definition) is 2. The average Bonchev–Trinajstić information content (AvgIpc) is 2.29. The van der Waals surface area contributed by atoms with E-state index in [1.165, 1.54) is 26.1 Å². The molecule has 0 amide bonds. The Morgan fingerprint density at radius 1 is 1.36 bits per heavy atom. The number of hydrogen-bond donors (Lipinski definition) is 0. The van der Waals surface area contributed by atoms with Crippen molar-refractivity contribution >= 4 is 0 Å². The molecule has 2 heterocycles.